The van der Waals surface area contributed by atoms with Gasteiger partial charge in [-0.1, -0.05) is 206 Å². The normalized spacial score (nSPS) is 13.0. The van der Waals surface area contributed by atoms with Crippen molar-refractivity contribution in [1.82, 2.24) is 19.5 Å². The van der Waals surface area contributed by atoms with Crippen LogP contribution in [0.4, 0.5) is 0 Å². The maximum atomic E-state index is 5.48. The van der Waals surface area contributed by atoms with Crippen molar-refractivity contribution in [3.05, 3.63) is 253 Å². The van der Waals surface area contributed by atoms with Crippen LogP contribution in [0.3, 0.4) is 0 Å². The predicted octanol–water partition coefficient (Wildman–Crippen LogP) is 15.1. The molecule has 0 radical (unpaired) electrons. The van der Waals surface area contributed by atoms with Crippen molar-refractivity contribution in [2.24, 2.45) is 0 Å². The van der Waals surface area contributed by atoms with E-state index in [1.165, 1.54) is 77.2 Å². The van der Waals surface area contributed by atoms with Crippen molar-refractivity contribution in [3.63, 3.8) is 0 Å². The lowest BCUT2D eigenvalue weighted by atomic mass is 9.67. The third-order valence-electron chi connectivity index (χ3n) is 14.1. The molecule has 2 aliphatic carbocycles. The maximum Gasteiger partial charge on any atom is 0.166 e. The van der Waals surface area contributed by atoms with Crippen LogP contribution in [0.2, 0.25) is 0 Å². The molecule has 0 atom stereocenters. The number of hydrogen-bond acceptors (Lipinski definition) is 3. The van der Waals surface area contributed by atoms with Gasteiger partial charge >= 0.3 is 0 Å². The van der Waals surface area contributed by atoms with E-state index in [-0.39, 0.29) is 0 Å². The summed E-state index contributed by atoms with van der Waals surface area (Å²) in [5.74, 6) is 1.85. The first-order valence-corrected chi connectivity index (χ1v) is 22.6. The molecule has 2 heterocycles. The van der Waals surface area contributed by atoms with Gasteiger partial charge in [0, 0.05) is 27.5 Å². The highest BCUT2D eigenvalue weighted by Crippen LogP contribution is 2.58. The molecule has 12 aromatic rings. The molecule has 306 valence electrons. The van der Waals surface area contributed by atoms with Gasteiger partial charge in [-0.25, -0.2) is 15.0 Å². The third-order valence-corrected chi connectivity index (χ3v) is 14.1. The van der Waals surface area contributed by atoms with Crippen LogP contribution < -0.4 is 0 Å². The first kappa shape index (κ1) is 36.7. The maximum absolute atomic E-state index is 5.48. The molecule has 14 rings (SSSR count). The second kappa shape index (κ2) is 14.1. The minimum Gasteiger partial charge on any atom is -0.308 e. The standard InChI is InChI=1S/C62H38N4/c1-5-19-40(20-6-1)59-63-60(41-21-7-2-8-22-41)65-61(64-59)50-37-52-49(46-30-15-16-33-51(46)62(52,42-24-9-3-10-25-42)43-26-11-4-12-27-43)38-55(50)66-53-34-18-32-48-45-29-14-13-28-44(45)47-31-17-23-39-35-36-54(66)58(56(39)47)57(48)53/h1-38H. The summed E-state index contributed by atoms with van der Waals surface area (Å²) in [5.41, 5.74) is 17.6. The van der Waals surface area contributed by atoms with E-state index in [1.54, 1.807) is 0 Å². The molecule has 0 fully saturated rings. The summed E-state index contributed by atoms with van der Waals surface area (Å²) in [6.07, 6.45) is 0. The molecular formula is C62H38N4. The van der Waals surface area contributed by atoms with Crippen molar-refractivity contribution in [2.75, 3.05) is 0 Å². The fraction of sp³-hybridized carbons (Fsp3) is 0.0161. The Hall–Kier alpha value is -8.73. The van der Waals surface area contributed by atoms with Crippen LogP contribution in [0, 0.1) is 0 Å². The molecule has 66 heavy (non-hydrogen) atoms. The number of rotatable bonds is 6. The van der Waals surface area contributed by atoms with Crippen LogP contribution in [0.1, 0.15) is 22.3 Å². The molecule has 0 N–H and O–H groups in total. The minimum absolute atomic E-state index is 0.608. The van der Waals surface area contributed by atoms with Gasteiger partial charge in [-0.3, -0.25) is 0 Å². The summed E-state index contributed by atoms with van der Waals surface area (Å²) in [6.45, 7) is 0. The van der Waals surface area contributed by atoms with Gasteiger partial charge in [-0.15, -0.1) is 0 Å². The number of fused-ring (bicyclic) bond motifs is 6. The number of nitrogens with zero attached hydrogens (tertiary/aromatic N) is 4. The Balaban J connectivity index is 1.17. The highest BCUT2D eigenvalue weighted by Gasteiger charge is 2.47. The summed E-state index contributed by atoms with van der Waals surface area (Å²) >= 11 is 0. The van der Waals surface area contributed by atoms with Gasteiger partial charge in [0.1, 0.15) is 0 Å². The van der Waals surface area contributed by atoms with Gasteiger partial charge in [0.25, 0.3) is 0 Å². The minimum atomic E-state index is -0.636. The van der Waals surface area contributed by atoms with Gasteiger partial charge in [-0.2, -0.15) is 0 Å². The zero-order valence-electron chi connectivity index (χ0n) is 35.7. The zero-order valence-corrected chi connectivity index (χ0v) is 35.7. The molecule has 0 saturated carbocycles. The van der Waals surface area contributed by atoms with E-state index in [0.29, 0.717) is 17.5 Å². The molecule has 0 bridgehead atoms. The Morgan fingerprint density at radius 2 is 0.803 bits per heavy atom. The lowest BCUT2D eigenvalue weighted by Gasteiger charge is -2.34. The average molecular weight is 839 g/mol. The number of hydrogen-bond donors (Lipinski definition) is 0. The van der Waals surface area contributed by atoms with Crippen molar-refractivity contribution < 1.29 is 0 Å². The smallest absolute Gasteiger partial charge is 0.166 e. The molecule has 2 aromatic heterocycles. The molecule has 0 aliphatic heterocycles. The molecular weight excluding hydrogens is 801 g/mol. The van der Waals surface area contributed by atoms with E-state index in [0.717, 1.165) is 33.4 Å². The number of aromatic nitrogens is 4. The van der Waals surface area contributed by atoms with Crippen LogP contribution in [0.25, 0.3) is 106 Å². The molecule has 4 nitrogen and oxygen atoms in total. The Bertz CT molecular complexity index is 3820. The summed E-state index contributed by atoms with van der Waals surface area (Å²) in [7, 11) is 0. The molecule has 10 aromatic carbocycles. The lowest BCUT2D eigenvalue weighted by Crippen LogP contribution is -2.28. The SMILES string of the molecule is c1ccc(-c2nc(-c3ccccc3)nc(-c3cc4c(cc3-n3c5cccc6c5c5c7c(cccc7ccc53)-c3ccccc3-6)-c3ccccc3C4(c3ccccc3)c3ccccc3)n2)cc1. The van der Waals surface area contributed by atoms with Gasteiger partial charge in [0.05, 0.1) is 22.1 Å². The molecule has 0 unspecified atom stereocenters. The van der Waals surface area contributed by atoms with Crippen molar-refractivity contribution in [3.8, 4) is 73.2 Å². The molecule has 0 spiro atoms. The topological polar surface area (TPSA) is 43.6 Å². The van der Waals surface area contributed by atoms with E-state index in [2.05, 4.69) is 199 Å². The summed E-state index contributed by atoms with van der Waals surface area (Å²) in [4.78, 5) is 16.1. The first-order chi connectivity index (χ1) is 32.8. The van der Waals surface area contributed by atoms with Crippen LogP contribution in [-0.4, -0.2) is 19.5 Å². The highest BCUT2D eigenvalue weighted by molar-refractivity contribution is 6.30. The van der Waals surface area contributed by atoms with Crippen LogP contribution in [-0.2, 0) is 5.41 Å². The second-order valence-corrected chi connectivity index (χ2v) is 17.4. The Labute approximate surface area is 381 Å². The van der Waals surface area contributed by atoms with E-state index in [1.807, 2.05) is 36.4 Å². The van der Waals surface area contributed by atoms with E-state index in [9.17, 15) is 0 Å². The summed E-state index contributed by atoms with van der Waals surface area (Å²) in [6, 6.07) is 83.5. The predicted molar refractivity (Wildman–Crippen MR) is 270 cm³/mol. The zero-order chi connectivity index (χ0) is 43.3. The Morgan fingerprint density at radius 1 is 0.303 bits per heavy atom. The van der Waals surface area contributed by atoms with Gasteiger partial charge in [0.15, 0.2) is 17.5 Å². The third kappa shape index (κ3) is 5.12. The Kier molecular flexibility index (Phi) is 7.87. The molecule has 0 saturated heterocycles. The van der Waals surface area contributed by atoms with Crippen LogP contribution >= 0.6 is 0 Å². The first-order valence-electron chi connectivity index (χ1n) is 22.6. The van der Waals surface area contributed by atoms with Crippen molar-refractivity contribution in [2.45, 2.75) is 5.41 Å². The molecule has 0 amide bonds. The van der Waals surface area contributed by atoms with Gasteiger partial charge in [0.2, 0.25) is 0 Å². The lowest BCUT2D eigenvalue weighted by molar-refractivity contribution is 0.768. The van der Waals surface area contributed by atoms with Crippen LogP contribution in [0.15, 0.2) is 231 Å². The quantitative estimate of drug-likeness (QED) is 0.168. The fourth-order valence-corrected chi connectivity index (χ4v) is 11.4. The largest absolute Gasteiger partial charge is 0.308 e. The van der Waals surface area contributed by atoms with Gasteiger partial charge in [-0.05, 0) is 90.7 Å². The van der Waals surface area contributed by atoms with Crippen molar-refractivity contribution >= 4 is 32.6 Å². The summed E-state index contributed by atoms with van der Waals surface area (Å²) < 4.78 is 2.50. The van der Waals surface area contributed by atoms with Crippen molar-refractivity contribution in [1.29, 1.82) is 0 Å². The average Bonchev–Trinajstić information content (AvgIpc) is 3.85. The summed E-state index contributed by atoms with van der Waals surface area (Å²) in [5, 5.41) is 5.00. The van der Waals surface area contributed by atoms with Gasteiger partial charge < -0.3 is 4.57 Å². The van der Waals surface area contributed by atoms with E-state index in [4.69, 9.17) is 15.0 Å². The van der Waals surface area contributed by atoms with E-state index < -0.39 is 5.41 Å². The number of benzene rings is 10. The Morgan fingerprint density at radius 3 is 1.44 bits per heavy atom. The highest BCUT2D eigenvalue weighted by atomic mass is 15.1. The second-order valence-electron chi connectivity index (χ2n) is 17.4. The molecule has 2 aliphatic rings. The fourth-order valence-electron chi connectivity index (χ4n) is 11.4. The van der Waals surface area contributed by atoms with Crippen LogP contribution in [0.5, 0.6) is 0 Å². The van der Waals surface area contributed by atoms with E-state index >= 15 is 0 Å². The monoisotopic (exact) mass is 838 g/mol. The molecule has 4 heteroatoms.